The lowest BCUT2D eigenvalue weighted by atomic mass is 10.0. The highest BCUT2D eigenvalue weighted by Crippen LogP contribution is 2.40. The van der Waals surface area contributed by atoms with Crippen LogP contribution in [0.15, 0.2) is 51.9 Å². The molecule has 0 saturated carbocycles. The van der Waals surface area contributed by atoms with Crippen molar-refractivity contribution in [2.45, 2.75) is 16.6 Å². The minimum Gasteiger partial charge on any atom is -0.477 e. The summed E-state index contributed by atoms with van der Waals surface area (Å²) in [6.07, 6.45) is 1.63. The summed E-state index contributed by atoms with van der Waals surface area (Å²) in [5.74, 6) is -0.704. The maximum absolute atomic E-state index is 12.0. The van der Waals surface area contributed by atoms with Gasteiger partial charge in [-0.1, -0.05) is 47.2 Å². The van der Waals surface area contributed by atoms with E-state index in [4.69, 9.17) is 5.73 Å². The summed E-state index contributed by atoms with van der Waals surface area (Å²) in [5, 5.41) is 25.3. The van der Waals surface area contributed by atoms with E-state index in [0.29, 0.717) is 22.2 Å². The first-order valence-electron chi connectivity index (χ1n) is 8.22. The lowest BCUT2D eigenvalue weighted by molar-refractivity contribution is -0.147. The zero-order chi connectivity index (χ0) is 19.7. The van der Waals surface area contributed by atoms with E-state index in [2.05, 4.69) is 20.6 Å². The predicted molar refractivity (Wildman–Crippen MR) is 104 cm³/mol. The number of tetrazole rings is 1. The van der Waals surface area contributed by atoms with E-state index >= 15 is 0 Å². The number of aromatic nitrogens is 4. The predicted octanol–water partition coefficient (Wildman–Crippen LogP) is 0.229. The maximum atomic E-state index is 12.0. The van der Waals surface area contributed by atoms with Gasteiger partial charge in [-0.05, 0) is 21.6 Å². The molecule has 3 N–H and O–H groups in total. The quantitative estimate of drug-likeness (QED) is 0.384. The van der Waals surface area contributed by atoms with Gasteiger partial charge in [0, 0.05) is 11.5 Å². The average Bonchev–Trinajstić information content (AvgIpc) is 3.17. The molecule has 1 saturated heterocycles. The topological polar surface area (TPSA) is 140 Å². The molecule has 12 heteroatoms. The summed E-state index contributed by atoms with van der Waals surface area (Å²) in [5.41, 5.74) is 7.29. The Balaban J connectivity index is 1.50. The molecule has 144 valence electrons. The second kappa shape index (κ2) is 7.73. The van der Waals surface area contributed by atoms with Gasteiger partial charge in [-0.15, -0.1) is 16.6 Å². The number of nitrogens with zero attached hydrogens (tertiary/aromatic N) is 6. The van der Waals surface area contributed by atoms with Crippen molar-refractivity contribution in [1.29, 1.82) is 0 Å². The molecular formula is C16H15N7O3S2. The van der Waals surface area contributed by atoms with Gasteiger partial charge in [0.15, 0.2) is 0 Å². The average molecular weight is 417 g/mol. The third-order valence-corrected chi connectivity index (χ3v) is 6.56. The minimum atomic E-state index is -1.14. The van der Waals surface area contributed by atoms with Crippen LogP contribution in [0.3, 0.4) is 0 Å². The standard InChI is InChI=1S/C16H15N7O3S2/c17-11-13(24)22-12(15(25)26)10(7-27-14(11)22)8-28-16-19-20-21-23(16)18-6-9-4-2-1-3-5-9/h1-6,11,14H,7-8,17H2,(H,25,26)/t11-,14-/m1/s1. The number of carbonyl (C=O) groups is 2. The number of carboxylic acid groups (broad SMARTS) is 1. The van der Waals surface area contributed by atoms with E-state index in [1.807, 2.05) is 30.3 Å². The largest absolute Gasteiger partial charge is 0.477 e. The van der Waals surface area contributed by atoms with Gasteiger partial charge in [0.1, 0.15) is 17.1 Å². The van der Waals surface area contributed by atoms with Crippen molar-refractivity contribution in [2.24, 2.45) is 10.8 Å². The van der Waals surface area contributed by atoms with Gasteiger partial charge in [-0.2, -0.15) is 5.10 Å². The highest BCUT2D eigenvalue weighted by Gasteiger charge is 2.51. The van der Waals surface area contributed by atoms with Crippen molar-refractivity contribution in [3.63, 3.8) is 0 Å². The van der Waals surface area contributed by atoms with Gasteiger partial charge in [0.05, 0.1) is 6.21 Å². The second-order valence-corrected chi connectivity index (χ2v) is 8.04. The van der Waals surface area contributed by atoms with Crippen molar-refractivity contribution in [1.82, 2.24) is 25.2 Å². The van der Waals surface area contributed by atoms with E-state index in [9.17, 15) is 14.7 Å². The van der Waals surface area contributed by atoms with Crippen LogP contribution in [-0.4, -0.2) is 71.3 Å². The second-order valence-electron chi connectivity index (χ2n) is 5.99. The first kappa shape index (κ1) is 18.7. The molecule has 1 aromatic carbocycles. The summed E-state index contributed by atoms with van der Waals surface area (Å²) >= 11 is 2.72. The molecular weight excluding hydrogens is 402 g/mol. The van der Waals surface area contributed by atoms with Crippen LogP contribution < -0.4 is 5.73 Å². The van der Waals surface area contributed by atoms with Gasteiger partial charge in [-0.25, -0.2) is 4.79 Å². The van der Waals surface area contributed by atoms with Crippen LogP contribution >= 0.6 is 23.5 Å². The van der Waals surface area contributed by atoms with Crippen molar-refractivity contribution in [3.8, 4) is 0 Å². The smallest absolute Gasteiger partial charge is 0.352 e. The van der Waals surface area contributed by atoms with E-state index in [0.717, 1.165) is 5.56 Å². The van der Waals surface area contributed by atoms with Crippen LogP contribution in [-0.2, 0) is 9.59 Å². The Kier molecular flexibility index (Phi) is 5.15. The number of β-lactam (4-membered cyclic amide) rings is 1. The molecule has 28 heavy (non-hydrogen) atoms. The Morgan fingerprint density at radius 2 is 2.21 bits per heavy atom. The number of carboxylic acids is 1. The normalized spacial score (nSPS) is 21.8. The van der Waals surface area contributed by atoms with Crippen molar-refractivity contribution in [2.75, 3.05) is 11.5 Å². The molecule has 0 bridgehead atoms. The monoisotopic (exact) mass is 417 g/mol. The van der Waals surface area contributed by atoms with E-state index < -0.39 is 12.0 Å². The van der Waals surface area contributed by atoms with Crippen LogP contribution in [0.25, 0.3) is 0 Å². The SMILES string of the molecule is N[C@@H]1C(=O)N2C(C(=O)O)=C(CSc3nnnn3N=Cc3ccccc3)CS[C@H]12. The molecule has 2 aliphatic rings. The summed E-state index contributed by atoms with van der Waals surface area (Å²) in [7, 11) is 0. The number of nitrogens with two attached hydrogens (primary N) is 1. The zero-order valence-electron chi connectivity index (χ0n) is 14.4. The Bertz CT molecular complexity index is 976. The first-order valence-corrected chi connectivity index (χ1v) is 10.3. The molecule has 3 heterocycles. The molecule has 0 radical (unpaired) electrons. The van der Waals surface area contributed by atoms with E-state index in [1.165, 1.54) is 33.2 Å². The van der Waals surface area contributed by atoms with Crippen LogP contribution in [0, 0.1) is 0 Å². The molecule has 1 amide bonds. The molecule has 10 nitrogen and oxygen atoms in total. The van der Waals surface area contributed by atoms with Crippen molar-refractivity contribution in [3.05, 3.63) is 47.2 Å². The lowest BCUT2D eigenvalue weighted by Crippen LogP contribution is -2.68. The zero-order valence-corrected chi connectivity index (χ0v) is 16.0. The van der Waals surface area contributed by atoms with E-state index in [1.54, 1.807) is 6.21 Å². The lowest BCUT2D eigenvalue weighted by Gasteiger charge is -2.48. The minimum absolute atomic E-state index is 0.00904. The van der Waals surface area contributed by atoms with Gasteiger partial charge in [0.25, 0.3) is 0 Å². The summed E-state index contributed by atoms with van der Waals surface area (Å²) in [4.78, 5) is 26.3. The number of hydrogen-bond acceptors (Lipinski definition) is 9. The Labute approximate surface area is 167 Å². The number of rotatable bonds is 6. The highest BCUT2D eigenvalue weighted by atomic mass is 32.2. The highest BCUT2D eigenvalue weighted by molar-refractivity contribution is 8.01. The van der Waals surface area contributed by atoms with Crippen LogP contribution in [0.4, 0.5) is 0 Å². The Morgan fingerprint density at radius 1 is 1.43 bits per heavy atom. The van der Waals surface area contributed by atoms with Gasteiger partial charge >= 0.3 is 5.97 Å². The fraction of sp³-hybridized carbons (Fsp3) is 0.250. The number of carbonyl (C=O) groups excluding carboxylic acids is 1. The molecule has 2 aromatic rings. The molecule has 1 fully saturated rings. The molecule has 1 aromatic heterocycles. The molecule has 0 aliphatic carbocycles. The maximum Gasteiger partial charge on any atom is 0.352 e. The number of aliphatic carboxylic acids is 1. The van der Waals surface area contributed by atoms with Gasteiger partial charge in [-0.3, -0.25) is 9.69 Å². The van der Waals surface area contributed by atoms with Crippen LogP contribution in [0.5, 0.6) is 0 Å². The number of hydrogen-bond donors (Lipinski definition) is 2. The first-order chi connectivity index (χ1) is 13.6. The van der Waals surface area contributed by atoms with E-state index in [-0.39, 0.29) is 17.0 Å². The Morgan fingerprint density at radius 3 is 2.96 bits per heavy atom. The third-order valence-electron chi connectivity index (χ3n) is 4.21. The molecule has 2 atom stereocenters. The fourth-order valence-electron chi connectivity index (χ4n) is 2.84. The van der Waals surface area contributed by atoms with Gasteiger partial charge < -0.3 is 10.8 Å². The molecule has 0 unspecified atom stereocenters. The van der Waals surface area contributed by atoms with Gasteiger partial charge in [0.2, 0.25) is 11.1 Å². The van der Waals surface area contributed by atoms with Crippen molar-refractivity contribution < 1.29 is 14.7 Å². The molecule has 0 spiro atoms. The molecule has 2 aliphatic heterocycles. The number of fused-ring (bicyclic) bond motifs is 1. The summed E-state index contributed by atoms with van der Waals surface area (Å²) in [6.45, 7) is 0. The third kappa shape index (κ3) is 3.41. The van der Waals surface area contributed by atoms with Crippen molar-refractivity contribution >= 4 is 41.6 Å². The summed E-state index contributed by atoms with van der Waals surface area (Å²) in [6, 6.07) is 8.85. The fourth-order valence-corrected chi connectivity index (χ4v) is 5.09. The molecule has 4 rings (SSSR count). The number of benzene rings is 1. The Hall–Kier alpha value is -2.70. The summed E-state index contributed by atoms with van der Waals surface area (Å²) < 4.78 is 0. The number of thioether (sulfide) groups is 2. The number of amides is 1. The van der Waals surface area contributed by atoms with Crippen LogP contribution in [0.1, 0.15) is 5.56 Å². The van der Waals surface area contributed by atoms with Crippen LogP contribution in [0.2, 0.25) is 0 Å².